The predicted octanol–water partition coefficient (Wildman–Crippen LogP) is 41.5. The molecule has 32 aromatic rings. The molecular weight excluding hydrogens is 1790 g/mol. The second-order valence-electron chi connectivity index (χ2n) is 38.9. The van der Waals surface area contributed by atoms with Gasteiger partial charge in [-0.05, 0) is 292 Å². The van der Waals surface area contributed by atoms with Crippen LogP contribution in [0.15, 0.2) is 552 Å². The summed E-state index contributed by atoms with van der Waals surface area (Å²) in [4.78, 5) is 0. The molecule has 0 aliphatic rings. The number of hydrogen-bond acceptors (Lipinski definition) is 4. The van der Waals surface area contributed by atoms with Gasteiger partial charge in [0.2, 0.25) is 0 Å². The van der Waals surface area contributed by atoms with Gasteiger partial charge in [-0.25, -0.2) is 0 Å². The zero-order valence-electron chi connectivity index (χ0n) is 80.4. The van der Waals surface area contributed by atoms with Crippen molar-refractivity contribution in [2.45, 2.75) is 0 Å². The molecule has 0 amide bonds. The van der Waals surface area contributed by atoms with Crippen LogP contribution in [0.2, 0.25) is 0 Å². The first-order chi connectivity index (χ1) is 73.4. The highest BCUT2D eigenvalue weighted by atomic mass is 16.3. The molecule has 4 aromatic heterocycles. The minimum atomic E-state index is 0.927. The Bertz CT molecular complexity index is 10800. The minimum absolute atomic E-state index is 0.927. The molecule has 0 unspecified atom stereocenters. The Labute approximate surface area is 851 Å². The third-order valence-electron chi connectivity index (χ3n) is 30.7. The van der Waals surface area contributed by atoms with Crippen LogP contribution in [0.5, 0.6) is 0 Å². The first-order valence-corrected chi connectivity index (χ1v) is 50.8. The van der Waals surface area contributed by atoms with Crippen molar-refractivity contribution in [3.8, 4) is 89.0 Å². The lowest BCUT2D eigenvalue weighted by Gasteiger charge is -2.12. The van der Waals surface area contributed by atoms with E-state index in [1.165, 1.54) is 207 Å². The van der Waals surface area contributed by atoms with E-state index in [0.29, 0.717) is 0 Å². The van der Waals surface area contributed by atoms with E-state index >= 15 is 0 Å². The summed E-state index contributed by atoms with van der Waals surface area (Å²) >= 11 is 0. The molecule has 0 spiro atoms. The molecule has 0 radical (unpaired) electrons. The molecule has 0 aliphatic carbocycles. The maximum absolute atomic E-state index is 6.28. The summed E-state index contributed by atoms with van der Waals surface area (Å²) in [6.07, 6.45) is 0. The molecular formula is C144H88O4. The van der Waals surface area contributed by atoms with E-state index in [2.05, 4.69) is 485 Å². The largest absolute Gasteiger partial charge is 0.456 e. The van der Waals surface area contributed by atoms with E-state index in [0.717, 1.165) is 99.1 Å². The normalized spacial score (nSPS) is 11.8. The van der Waals surface area contributed by atoms with Crippen LogP contribution in [0.4, 0.5) is 0 Å². The molecule has 32 rings (SSSR count). The quantitative estimate of drug-likeness (QED) is 0.142. The van der Waals surface area contributed by atoms with Gasteiger partial charge in [-0.1, -0.05) is 455 Å². The summed E-state index contributed by atoms with van der Waals surface area (Å²) in [7, 11) is 0. The number of hydrogen-bond donors (Lipinski definition) is 0. The van der Waals surface area contributed by atoms with E-state index in [-0.39, 0.29) is 0 Å². The fourth-order valence-electron chi connectivity index (χ4n) is 23.5. The highest BCUT2D eigenvalue weighted by Gasteiger charge is 2.21. The van der Waals surface area contributed by atoms with Gasteiger partial charge in [0.05, 0.1) is 0 Å². The predicted molar refractivity (Wildman–Crippen MR) is 628 cm³/mol. The van der Waals surface area contributed by atoms with Crippen LogP contribution in [0, 0.1) is 0 Å². The fourth-order valence-corrected chi connectivity index (χ4v) is 23.5. The highest BCUT2D eigenvalue weighted by molar-refractivity contribution is 6.30. The Morgan fingerprint density at radius 1 is 0.0878 bits per heavy atom. The van der Waals surface area contributed by atoms with Crippen LogP contribution >= 0.6 is 0 Å². The maximum atomic E-state index is 6.28. The van der Waals surface area contributed by atoms with E-state index < -0.39 is 0 Å². The Morgan fingerprint density at radius 3 is 0.628 bits per heavy atom. The summed E-state index contributed by atoms with van der Waals surface area (Å²) in [5.41, 5.74) is 26.6. The molecule has 28 aromatic carbocycles. The van der Waals surface area contributed by atoms with Gasteiger partial charge in [0.1, 0.15) is 44.7 Å². The standard InChI is InChI=1S/4C36H22O/c1-2-10-29-27(8-1)28-9-3-4-11-30(28)34-22-25(20-21-31(29)34)23-16-18-24(19-17-23)26-13-7-14-33-32-12-5-6-15-35(32)37-36(26)33;1-2-10-29-27(8-1)28-9-3-4-11-30(28)33-22-25(20-21-31(29)33)23-16-18-24(19-17-23)26-13-7-15-35-36(26)32-12-5-6-14-34(32)37-35;1-2-9-29-27(7-1)28-8-3-4-10-30(28)33-21-25(17-19-31(29)33)23-13-15-24(16-14-23)26-18-20-36-34(22-26)32-11-5-6-12-35(32)37-36;1-2-9-29-27(7-1)28-8-3-4-10-30(28)34-21-25(17-19-31(29)34)23-13-15-24(16-14-23)26-18-20-33-32-11-5-6-12-35(32)37-36(33)22-26/h4*1-22H. The molecule has 0 N–H and O–H groups in total. The lowest BCUT2D eigenvalue weighted by molar-refractivity contribution is 0.668. The smallest absolute Gasteiger partial charge is 0.143 e. The molecule has 0 saturated heterocycles. The third-order valence-corrected chi connectivity index (χ3v) is 30.7. The van der Waals surface area contributed by atoms with Gasteiger partial charge in [-0.2, -0.15) is 0 Å². The minimum Gasteiger partial charge on any atom is -0.456 e. The summed E-state index contributed by atoms with van der Waals surface area (Å²) in [5.74, 6) is 0. The number of para-hydroxylation sites is 5. The monoisotopic (exact) mass is 1880 g/mol. The van der Waals surface area contributed by atoms with Crippen molar-refractivity contribution in [2.24, 2.45) is 0 Å². The molecule has 148 heavy (non-hydrogen) atoms. The van der Waals surface area contributed by atoms with Gasteiger partial charge in [0.25, 0.3) is 0 Å². The summed E-state index contributed by atoms with van der Waals surface area (Å²) < 4.78 is 24.5. The van der Waals surface area contributed by atoms with E-state index in [9.17, 15) is 0 Å². The second-order valence-corrected chi connectivity index (χ2v) is 38.9. The van der Waals surface area contributed by atoms with Crippen LogP contribution in [-0.4, -0.2) is 0 Å². The van der Waals surface area contributed by atoms with Crippen LogP contribution in [0.25, 0.3) is 306 Å². The summed E-state index contributed by atoms with van der Waals surface area (Å²) in [5, 5.41) is 40.5. The number of benzene rings is 28. The first-order valence-electron chi connectivity index (χ1n) is 50.8. The molecule has 0 aliphatic heterocycles. The first kappa shape index (κ1) is 85.3. The van der Waals surface area contributed by atoms with Crippen molar-refractivity contribution in [3.05, 3.63) is 534 Å². The average molecular weight is 1880 g/mol. The fraction of sp³-hybridized carbons (Fsp3) is 0. The van der Waals surface area contributed by atoms with E-state index in [1.807, 2.05) is 48.5 Å². The number of fused-ring (bicyclic) bond motifs is 36. The van der Waals surface area contributed by atoms with Crippen LogP contribution in [0.3, 0.4) is 0 Å². The third kappa shape index (κ3) is 14.5. The Balaban J connectivity index is 0.0000000930. The van der Waals surface area contributed by atoms with Crippen molar-refractivity contribution >= 4 is 217 Å². The molecule has 4 heterocycles. The topological polar surface area (TPSA) is 52.6 Å². The molecule has 0 fully saturated rings. The molecule has 0 bridgehead atoms. The zero-order valence-corrected chi connectivity index (χ0v) is 80.4. The van der Waals surface area contributed by atoms with Crippen molar-refractivity contribution in [1.29, 1.82) is 0 Å². The molecule has 4 heteroatoms. The van der Waals surface area contributed by atoms with Gasteiger partial charge in [-0.15, -0.1) is 0 Å². The number of furan rings is 4. The molecule has 4 nitrogen and oxygen atoms in total. The Morgan fingerprint density at radius 2 is 0.277 bits per heavy atom. The zero-order chi connectivity index (χ0) is 97.4. The van der Waals surface area contributed by atoms with Crippen LogP contribution < -0.4 is 0 Å². The van der Waals surface area contributed by atoms with E-state index in [1.54, 1.807) is 0 Å². The molecule has 0 saturated carbocycles. The molecule has 688 valence electrons. The average Bonchev–Trinajstić information content (AvgIpc) is 1.50. The van der Waals surface area contributed by atoms with Gasteiger partial charge in [0.15, 0.2) is 0 Å². The Hall–Kier alpha value is -19.5. The van der Waals surface area contributed by atoms with Crippen molar-refractivity contribution in [1.82, 2.24) is 0 Å². The van der Waals surface area contributed by atoms with Crippen LogP contribution in [-0.2, 0) is 0 Å². The lowest BCUT2D eigenvalue weighted by atomic mass is 9.91. The molecule has 0 atom stereocenters. The summed E-state index contributed by atoms with van der Waals surface area (Å²) in [6.45, 7) is 0. The van der Waals surface area contributed by atoms with Crippen molar-refractivity contribution in [2.75, 3.05) is 0 Å². The SMILES string of the molecule is c1ccc2c(c1)oc1c(-c3ccc(-c4ccc5c6ccccc6c6ccccc6c5c4)cc3)cccc12.c1ccc2c(c1)oc1cc(-c3ccc(-c4ccc5c6ccccc6c6ccccc6c5c4)cc3)ccc12.c1ccc2c(c1)oc1ccc(-c3ccc(-c4ccc5c6ccccc6c6ccccc6c5c4)cc3)cc12.c1ccc2c(c1)oc1cccc(-c3ccc(-c4ccc5c6ccccc6c6ccccc6c5c4)cc3)c12. The van der Waals surface area contributed by atoms with Gasteiger partial charge >= 0.3 is 0 Å². The van der Waals surface area contributed by atoms with E-state index in [4.69, 9.17) is 17.7 Å². The van der Waals surface area contributed by atoms with Gasteiger partial charge in [-0.3, -0.25) is 0 Å². The van der Waals surface area contributed by atoms with Crippen molar-refractivity contribution in [3.63, 3.8) is 0 Å². The summed E-state index contributed by atoms with van der Waals surface area (Å²) in [6, 6.07) is 192. The second kappa shape index (κ2) is 35.3. The lowest BCUT2D eigenvalue weighted by Crippen LogP contribution is -1.85. The number of rotatable bonds is 8. The van der Waals surface area contributed by atoms with Crippen LogP contribution in [0.1, 0.15) is 0 Å². The Kier molecular flexibility index (Phi) is 20.3. The highest BCUT2D eigenvalue weighted by Crippen LogP contribution is 2.48. The van der Waals surface area contributed by atoms with Gasteiger partial charge in [0, 0.05) is 48.7 Å². The van der Waals surface area contributed by atoms with Gasteiger partial charge < -0.3 is 17.7 Å². The maximum Gasteiger partial charge on any atom is 0.143 e. The van der Waals surface area contributed by atoms with Crippen molar-refractivity contribution < 1.29 is 17.7 Å².